The van der Waals surface area contributed by atoms with Crippen molar-refractivity contribution in [2.75, 3.05) is 7.11 Å². The van der Waals surface area contributed by atoms with Gasteiger partial charge in [0.1, 0.15) is 17.2 Å². The van der Waals surface area contributed by atoms with Gasteiger partial charge in [-0.05, 0) is 36.2 Å². The highest BCUT2D eigenvalue weighted by Gasteiger charge is 2.11. The van der Waals surface area contributed by atoms with E-state index in [1.807, 2.05) is 25.1 Å². The number of aromatic hydroxyl groups is 2. The van der Waals surface area contributed by atoms with Crippen LogP contribution >= 0.6 is 0 Å². The van der Waals surface area contributed by atoms with Crippen LogP contribution in [0.2, 0.25) is 0 Å². The Hall–Kier alpha value is -2.69. The van der Waals surface area contributed by atoms with Gasteiger partial charge in [-0.3, -0.25) is 4.79 Å². The van der Waals surface area contributed by atoms with E-state index < -0.39 is 5.91 Å². The van der Waals surface area contributed by atoms with Crippen molar-refractivity contribution in [1.29, 1.82) is 0 Å². The lowest BCUT2D eigenvalue weighted by Gasteiger charge is -2.10. The molecule has 0 heterocycles. The van der Waals surface area contributed by atoms with Gasteiger partial charge in [-0.2, -0.15) is 0 Å². The summed E-state index contributed by atoms with van der Waals surface area (Å²) in [6, 6.07) is 9.52. The zero-order chi connectivity index (χ0) is 15.4. The van der Waals surface area contributed by atoms with Crippen molar-refractivity contribution in [3.8, 4) is 17.2 Å². The molecule has 0 bridgehead atoms. The van der Waals surface area contributed by atoms with Crippen LogP contribution in [0.1, 0.15) is 21.5 Å². The number of aryl methyl sites for hydroxylation is 1. The molecule has 0 aliphatic rings. The SMILES string of the molecule is COc1cc(CNC(=O)c2ccc(O)cc2O)ccc1C. The quantitative estimate of drug-likeness (QED) is 0.806. The maximum Gasteiger partial charge on any atom is 0.255 e. The van der Waals surface area contributed by atoms with Crippen LogP contribution in [0, 0.1) is 6.92 Å². The van der Waals surface area contributed by atoms with Crippen molar-refractivity contribution in [2.24, 2.45) is 0 Å². The molecule has 3 N–H and O–H groups in total. The number of phenols is 2. The Morgan fingerprint density at radius 1 is 1.19 bits per heavy atom. The smallest absolute Gasteiger partial charge is 0.255 e. The number of methoxy groups -OCH3 is 1. The Morgan fingerprint density at radius 3 is 2.62 bits per heavy atom. The molecule has 21 heavy (non-hydrogen) atoms. The third-order valence-electron chi connectivity index (χ3n) is 3.15. The maximum atomic E-state index is 12.0. The Morgan fingerprint density at radius 2 is 1.95 bits per heavy atom. The molecule has 0 aliphatic carbocycles. The first kappa shape index (κ1) is 14.7. The Bertz CT molecular complexity index is 667. The third kappa shape index (κ3) is 3.45. The fourth-order valence-electron chi connectivity index (χ4n) is 1.96. The second-order valence-corrected chi connectivity index (χ2v) is 4.69. The van der Waals surface area contributed by atoms with E-state index in [0.29, 0.717) is 6.54 Å². The van der Waals surface area contributed by atoms with Gasteiger partial charge in [0.05, 0.1) is 12.7 Å². The molecular weight excluding hydrogens is 270 g/mol. The molecule has 0 radical (unpaired) electrons. The minimum atomic E-state index is -0.410. The largest absolute Gasteiger partial charge is 0.508 e. The van der Waals surface area contributed by atoms with Gasteiger partial charge in [-0.25, -0.2) is 0 Å². The monoisotopic (exact) mass is 287 g/mol. The minimum Gasteiger partial charge on any atom is -0.508 e. The van der Waals surface area contributed by atoms with Gasteiger partial charge >= 0.3 is 0 Å². The summed E-state index contributed by atoms with van der Waals surface area (Å²) in [5.41, 5.74) is 2.03. The molecule has 110 valence electrons. The normalized spacial score (nSPS) is 10.2. The molecule has 0 saturated carbocycles. The van der Waals surface area contributed by atoms with Gasteiger partial charge in [0.25, 0.3) is 5.91 Å². The summed E-state index contributed by atoms with van der Waals surface area (Å²) >= 11 is 0. The molecule has 2 rings (SSSR count). The zero-order valence-corrected chi connectivity index (χ0v) is 11.9. The van der Waals surface area contributed by atoms with Crippen LogP contribution in [0.15, 0.2) is 36.4 Å². The van der Waals surface area contributed by atoms with Crippen LogP contribution in [-0.2, 0) is 6.54 Å². The van der Waals surface area contributed by atoms with Crippen molar-refractivity contribution < 1.29 is 19.7 Å². The van der Waals surface area contributed by atoms with E-state index >= 15 is 0 Å². The highest BCUT2D eigenvalue weighted by Crippen LogP contribution is 2.23. The first-order chi connectivity index (χ1) is 10.0. The highest BCUT2D eigenvalue weighted by molar-refractivity contribution is 5.96. The minimum absolute atomic E-state index is 0.0904. The van der Waals surface area contributed by atoms with E-state index in [1.165, 1.54) is 12.1 Å². The second-order valence-electron chi connectivity index (χ2n) is 4.69. The lowest BCUT2D eigenvalue weighted by Crippen LogP contribution is -2.22. The predicted molar refractivity (Wildman–Crippen MR) is 78.7 cm³/mol. The Kier molecular flexibility index (Phi) is 4.33. The van der Waals surface area contributed by atoms with Crippen LogP contribution in [0.5, 0.6) is 17.2 Å². The number of amides is 1. The van der Waals surface area contributed by atoms with Gasteiger partial charge < -0.3 is 20.3 Å². The van der Waals surface area contributed by atoms with E-state index in [0.717, 1.165) is 22.9 Å². The average molecular weight is 287 g/mol. The van der Waals surface area contributed by atoms with Gasteiger partial charge in [-0.1, -0.05) is 12.1 Å². The van der Waals surface area contributed by atoms with E-state index in [2.05, 4.69) is 5.32 Å². The fourth-order valence-corrected chi connectivity index (χ4v) is 1.96. The van der Waals surface area contributed by atoms with Crippen LogP contribution in [0.3, 0.4) is 0 Å². The maximum absolute atomic E-state index is 12.0. The number of ether oxygens (including phenoxy) is 1. The molecule has 0 saturated heterocycles. The summed E-state index contributed by atoms with van der Waals surface area (Å²) in [4.78, 5) is 12.0. The lowest BCUT2D eigenvalue weighted by atomic mass is 10.1. The van der Waals surface area contributed by atoms with Crippen molar-refractivity contribution in [1.82, 2.24) is 5.32 Å². The number of benzene rings is 2. The van der Waals surface area contributed by atoms with Crippen molar-refractivity contribution in [3.05, 3.63) is 53.1 Å². The first-order valence-corrected chi connectivity index (χ1v) is 6.45. The van der Waals surface area contributed by atoms with E-state index in [1.54, 1.807) is 7.11 Å². The van der Waals surface area contributed by atoms with Gasteiger partial charge in [0, 0.05) is 12.6 Å². The highest BCUT2D eigenvalue weighted by atomic mass is 16.5. The molecular formula is C16H17NO4. The van der Waals surface area contributed by atoms with Gasteiger partial charge in [0.15, 0.2) is 0 Å². The van der Waals surface area contributed by atoms with Crippen molar-refractivity contribution >= 4 is 5.91 Å². The first-order valence-electron chi connectivity index (χ1n) is 6.45. The van der Waals surface area contributed by atoms with Crippen molar-refractivity contribution in [3.63, 3.8) is 0 Å². The number of hydrogen-bond acceptors (Lipinski definition) is 4. The number of rotatable bonds is 4. The van der Waals surface area contributed by atoms with Crippen LogP contribution in [0.25, 0.3) is 0 Å². The number of carbonyl (C=O) groups excluding carboxylic acids is 1. The molecule has 0 aromatic heterocycles. The summed E-state index contributed by atoms with van der Waals surface area (Å²) in [6.45, 7) is 2.26. The topological polar surface area (TPSA) is 78.8 Å². The molecule has 0 unspecified atom stereocenters. The van der Waals surface area contributed by atoms with E-state index in [4.69, 9.17) is 4.74 Å². The molecule has 5 nitrogen and oxygen atoms in total. The standard InChI is InChI=1S/C16H17NO4/c1-10-3-4-11(7-15(10)21-2)9-17-16(20)13-6-5-12(18)8-14(13)19/h3-8,18-19H,9H2,1-2H3,(H,17,20). The lowest BCUT2D eigenvalue weighted by molar-refractivity contribution is 0.0948. The Balaban J connectivity index is 2.07. The number of phenolic OH excluding ortho intramolecular Hbond substituents is 2. The number of carbonyl (C=O) groups is 1. The summed E-state index contributed by atoms with van der Waals surface area (Å²) in [5, 5.41) is 21.6. The molecule has 2 aromatic rings. The summed E-state index contributed by atoms with van der Waals surface area (Å²) in [7, 11) is 1.60. The van der Waals surface area contributed by atoms with Gasteiger partial charge in [-0.15, -0.1) is 0 Å². The molecule has 0 spiro atoms. The van der Waals surface area contributed by atoms with E-state index in [-0.39, 0.29) is 17.1 Å². The number of nitrogens with one attached hydrogen (secondary N) is 1. The molecule has 0 aliphatic heterocycles. The van der Waals surface area contributed by atoms with Crippen LogP contribution in [0.4, 0.5) is 0 Å². The van der Waals surface area contributed by atoms with Crippen molar-refractivity contribution in [2.45, 2.75) is 13.5 Å². The summed E-state index contributed by atoms with van der Waals surface area (Å²) in [6.07, 6.45) is 0. The van der Waals surface area contributed by atoms with Crippen LogP contribution in [-0.4, -0.2) is 23.2 Å². The Labute approximate surface area is 122 Å². The van der Waals surface area contributed by atoms with E-state index in [9.17, 15) is 15.0 Å². The molecule has 0 atom stereocenters. The third-order valence-corrected chi connectivity index (χ3v) is 3.15. The molecule has 5 heteroatoms. The molecule has 0 fully saturated rings. The summed E-state index contributed by atoms with van der Waals surface area (Å²) in [5.74, 6) is 0.00239. The average Bonchev–Trinajstić information content (AvgIpc) is 2.46. The fraction of sp³-hybridized carbons (Fsp3) is 0.188. The summed E-state index contributed by atoms with van der Waals surface area (Å²) < 4.78 is 5.23. The number of hydrogen-bond donors (Lipinski definition) is 3. The van der Waals surface area contributed by atoms with Crippen LogP contribution < -0.4 is 10.1 Å². The predicted octanol–water partition coefficient (Wildman–Crippen LogP) is 2.34. The molecule has 2 aromatic carbocycles. The van der Waals surface area contributed by atoms with Gasteiger partial charge in [0.2, 0.25) is 0 Å². The molecule has 1 amide bonds. The second kappa shape index (κ2) is 6.17. The zero-order valence-electron chi connectivity index (χ0n) is 11.9.